The molecular formula is C12H16FNOS. The summed E-state index contributed by atoms with van der Waals surface area (Å²) in [7, 11) is -1.13. The summed E-state index contributed by atoms with van der Waals surface area (Å²) in [6, 6.07) is 7.67. The van der Waals surface area contributed by atoms with Gasteiger partial charge in [0.05, 0.1) is 4.90 Å². The molecule has 88 valence electrons. The average Bonchev–Trinajstić information content (AvgIpc) is 2.30. The first kappa shape index (κ1) is 11.7. The lowest BCUT2D eigenvalue weighted by molar-refractivity contribution is 0.215. The van der Waals surface area contributed by atoms with E-state index < -0.39 is 17.2 Å². The van der Waals surface area contributed by atoms with Crippen LogP contribution >= 0.6 is 0 Å². The van der Waals surface area contributed by atoms with Gasteiger partial charge in [-0.25, -0.2) is 12.9 Å². The third-order valence-corrected chi connectivity index (χ3v) is 4.35. The third-order valence-electron chi connectivity index (χ3n) is 2.84. The maximum Gasteiger partial charge on any atom is 0.127 e. The molecule has 1 atom stereocenters. The molecule has 16 heavy (non-hydrogen) atoms. The number of hydrogen-bond donors (Lipinski definition) is 0. The zero-order valence-corrected chi connectivity index (χ0v) is 10.2. The fourth-order valence-electron chi connectivity index (χ4n) is 1.79. The van der Waals surface area contributed by atoms with E-state index in [4.69, 9.17) is 0 Å². The molecule has 1 aliphatic rings. The lowest BCUT2D eigenvalue weighted by Gasteiger charge is -2.27. The van der Waals surface area contributed by atoms with E-state index in [2.05, 4.69) is 0 Å². The third kappa shape index (κ3) is 2.68. The smallest absolute Gasteiger partial charge is 0.127 e. The van der Waals surface area contributed by atoms with E-state index in [-0.39, 0.29) is 0 Å². The number of alkyl halides is 1. The van der Waals surface area contributed by atoms with Crippen LogP contribution in [0.2, 0.25) is 0 Å². The zero-order valence-electron chi connectivity index (χ0n) is 9.36. The van der Waals surface area contributed by atoms with Crippen LogP contribution in [0, 0.1) is 6.92 Å². The minimum absolute atomic E-state index is 0.498. The monoisotopic (exact) mass is 241 g/mol. The first-order valence-electron chi connectivity index (χ1n) is 5.54. The maximum atomic E-state index is 13.0. The number of hydrogen-bond acceptors (Lipinski definition) is 1. The second-order valence-corrected chi connectivity index (χ2v) is 5.65. The van der Waals surface area contributed by atoms with E-state index in [1.807, 2.05) is 35.5 Å². The molecule has 1 heterocycles. The van der Waals surface area contributed by atoms with Crippen molar-refractivity contribution in [3.63, 3.8) is 0 Å². The standard InChI is InChI=1S/C12H16FNOS/c1-10-2-4-12(5-3-10)16(15)14-8-6-11(13)7-9-14/h2-5,11H,6-9H2,1H3. The summed E-state index contributed by atoms with van der Waals surface area (Å²) >= 11 is 0. The van der Waals surface area contributed by atoms with Crippen molar-refractivity contribution in [2.24, 2.45) is 0 Å². The van der Waals surface area contributed by atoms with Crippen LogP contribution in [0.3, 0.4) is 0 Å². The van der Waals surface area contributed by atoms with Crippen molar-refractivity contribution in [3.8, 4) is 0 Å². The summed E-state index contributed by atoms with van der Waals surface area (Å²) in [4.78, 5) is 0.808. The molecule has 0 amide bonds. The SMILES string of the molecule is Cc1ccc(S(=O)N2CCC(F)CC2)cc1. The first-order chi connectivity index (χ1) is 7.66. The van der Waals surface area contributed by atoms with Crippen LogP contribution in [-0.2, 0) is 11.0 Å². The molecule has 1 aromatic rings. The Bertz CT molecular complexity index is 371. The van der Waals surface area contributed by atoms with Crippen molar-refractivity contribution in [2.75, 3.05) is 13.1 Å². The van der Waals surface area contributed by atoms with Crippen molar-refractivity contribution in [1.29, 1.82) is 0 Å². The molecule has 0 aliphatic carbocycles. The first-order valence-corrected chi connectivity index (χ1v) is 6.65. The number of piperidine rings is 1. The summed E-state index contributed by atoms with van der Waals surface area (Å²) in [6.07, 6.45) is 0.279. The van der Waals surface area contributed by atoms with Gasteiger partial charge in [-0.1, -0.05) is 17.7 Å². The normalized spacial score (nSPS) is 20.9. The second-order valence-electron chi connectivity index (χ2n) is 4.17. The minimum Gasteiger partial charge on any atom is -0.247 e. The lowest BCUT2D eigenvalue weighted by Crippen LogP contribution is -2.35. The Morgan fingerprint density at radius 2 is 1.81 bits per heavy atom. The molecule has 0 aromatic heterocycles. The molecule has 4 heteroatoms. The van der Waals surface area contributed by atoms with Crippen LogP contribution < -0.4 is 0 Å². The molecule has 2 nitrogen and oxygen atoms in total. The molecule has 1 aliphatic heterocycles. The van der Waals surface area contributed by atoms with Gasteiger partial charge in [-0.05, 0) is 31.9 Å². The molecule has 0 bridgehead atoms. The van der Waals surface area contributed by atoms with Crippen molar-refractivity contribution in [3.05, 3.63) is 29.8 Å². The Kier molecular flexibility index (Phi) is 3.71. The molecule has 1 saturated heterocycles. The number of benzene rings is 1. The number of halogens is 1. The quantitative estimate of drug-likeness (QED) is 0.779. The van der Waals surface area contributed by atoms with Gasteiger partial charge in [0.1, 0.15) is 17.2 Å². The average molecular weight is 241 g/mol. The topological polar surface area (TPSA) is 20.3 Å². The molecule has 0 saturated carbocycles. The van der Waals surface area contributed by atoms with E-state index in [0.29, 0.717) is 25.9 Å². The van der Waals surface area contributed by atoms with Crippen LogP contribution in [-0.4, -0.2) is 27.8 Å². The molecule has 2 rings (SSSR count). The van der Waals surface area contributed by atoms with Crippen molar-refractivity contribution in [2.45, 2.75) is 30.8 Å². The predicted molar refractivity (Wildman–Crippen MR) is 63.3 cm³/mol. The summed E-state index contributed by atoms with van der Waals surface area (Å²) in [5.74, 6) is 0. The Balaban J connectivity index is 2.05. The molecule has 0 radical (unpaired) electrons. The molecule has 1 fully saturated rings. The minimum atomic E-state index is -1.13. The highest BCUT2D eigenvalue weighted by molar-refractivity contribution is 7.82. The second kappa shape index (κ2) is 5.06. The van der Waals surface area contributed by atoms with Crippen molar-refractivity contribution >= 4 is 11.0 Å². The van der Waals surface area contributed by atoms with Crippen LogP contribution in [0.4, 0.5) is 4.39 Å². The van der Waals surface area contributed by atoms with E-state index in [9.17, 15) is 8.60 Å². The van der Waals surface area contributed by atoms with Gasteiger partial charge in [0, 0.05) is 13.1 Å². The Hall–Kier alpha value is -0.740. The highest BCUT2D eigenvalue weighted by Crippen LogP contribution is 2.19. The Morgan fingerprint density at radius 1 is 1.25 bits per heavy atom. The van der Waals surface area contributed by atoms with Gasteiger partial charge in [0.15, 0.2) is 0 Å². The predicted octanol–water partition coefficient (Wildman–Crippen LogP) is 2.45. The number of nitrogens with zero attached hydrogens (tertiary/aromatic N) is 1. The Morgan fingerprint density at radius 3 is 2.38 bits per heavy atom. The van der Waals surface area contributed by atoms with E-state index >= 15 is 0 Å². The molecular weight excluding hydrogens is 225 g/mol. The van der Waals surface area contributed by atoms with Crippen molar-refractivity contribution < 1.29 is 8.60 Å². The van der Waals surface area contributed by atoms with Crippen LogP contribution in [0.25, 0.3) is 0 Å². The molecule has 0 spiro atoms. The van der Waals surface area contributed by atoms with Crippen LogP contribution in [0.5, 0.6) is 0 Å². The van der Waals surface area contributed by atoms with Crippen LogP contribution in [0.15, 0.2) is 29.2 Å². The molecule has 0 N–H and O–H groups in total. The number of aryl methyl sites for hydroxylation is 1. The highest BCUT2D eigenvalue weighted by atomic mass is 32.2. The fraction of sp³-hybridized carbons (Fsp3) is 0.500. The van der Waals surface area contributed by atoms with Gasteiger partial charge in [0.2, 0.25) is 0 Å². The van der Waals surface area contributed by atoms with Gasteiger partial charge in [-0.2, -0.15) is 0 Å². The maximum absolute atomic E-state index is 13.0. The zero-order chi connectivity index (χ0) is 11.5. The van der Waals surface area contributed by atoms with Crippen LogP contribution in [0.1, 0.15) is 18.4 Å². The summed E-state index contributed by atoms with van der Waals surface area (Å²) in [5.41, 5.74) is 1.16. The molecule has 1 unspecified atom stereocenters. The Labute approximate surface area is 98.1 Å². The van der Waals surface area contributed by atoms with Gasteiger partial charge < -0.3 is 0 Å². The van der Waals surface area contributed by atoms with Gasteiger partial charge in [0.25, 0.3) is 0 Å². The highest BCUT2D eigenvalue weighted by Gasteiger charge is 2.22. The summed E-state index contributed by atoms with van der Waals surface area (Å²) < 4.78 is 26.9. The number of rotatable bonds is 2. The summed E-state index contributed by atoms with van der Waals surface area (Å²) in [6.45, 7) is 3.17. The lowest BCUT2D eigenvalue weighted by atomic mass is 10.1. The largest absolute Gasteiger partial charge is 0.247 e. The van der Waals surface area contributed by atoms with Crippen molar-refractivity contribution in [1.82, 2.24) is 4.31 Å². The van der Waals surface area contributed by atoms with E-state index in [1.165, 1.54) is 0 Å². The summed E-state index contributed by atoms with van der Waals surface area (Å²) in [5, 5.41) is 0. The van der Waals surface area contributed by atoms with Gasteiger partial charge in [-0.3, -0.25) is 0 Å². The van der Waals surface area contributed by atoms with Gasteiger partial charge in [-0.15, -0.1) is 0 Å². The fourth-order valence-corrected chi connectivity index (χ4v) is 3.00. The van der Waals surface area contributed by atoms with Gasteiger partial charge >= 0.3 is 0 Å². The molecule has 1 aromatic carbocycles. The van der Waals surface area contributed by atoms with E-state index in [1.54, 1.807) is 0 Å². The van der Waals surface area contributed by atoms with E-state index in [0.717, 1.165) is 10.5 Å².